The summed E-state index contributed by atoms with van der Waals surface area (Å²) in [4.78, 5) is 2.10. The van der Waals surface area contributed by atoms with E-state index >= 15 is 0 Å². The van der Waals surface area contributed by atoms with E-state index in [1.54, 1.807) is 18.2 Å². The normalized spacial score (nSPS) is 17.1. The lowest BCUT2D eigenvalue weighted by molar-refractivity contribution is 0.122. The van der Waals surface area contributed by atoms with Crippen molar-refractivity contribution in [2.45, 2.75) is 0 Å². The lowest BCUT2D eigenvalue weighted by Gasteiger charge is -2.29. The van der Waals surface area contributed by atoms with Crippen LogP contribution < -0.4 is 4.90 Å². The molecule has 0 saturated carbocycles. The minimum absolute atomic E-state index is 0.177. The Labute approximate surface area is 115 Å². The summed E-state index contributed by atoms with van der Waals surface area (Å²) in [6.07, 6.45) is 0. The van der Waals surface area contributed by atoms with Gasteiger partial charge in [-0.1, -0.05) is 11.6 Å². The standard InChI is InChI=1S/C10H12ClN3O4S/c11-9-7-8(14-3-5-18-6-4-14)1-2-10(9)12-13-19(15,16)17/h1-2,7H,3-6H2,(H,15,16,17). The number of nitrogens with zero attached hydrogens (tertiary/aromatic N) is 3. The van der Waals surface area contributed by atoms with E-state index in [1.165, 1.54) is 0 Å². The summed E-state index contributed by atoms with van der Waals surface area (Å²) in [5, 5.41) is 3.64. The molecule has 1 aromatic rings. The van der Waals surface area contributed by atoms with Gasteiger partial charge in [-0.15, -0.1) is 5.11 Å². The van der Waals surface area contributed by atoms with Crippen molar-refractivity contribution in [3.8, 4) is 0 Å². The number of anilines is 1. The van der Waals surface area contributed by atoms with Crippen molar-refractivity contribution in [2.75, 3.05) is 31.2 Å². The molecule has 0 aliphatic carbocycles. The van der Waals surface area contributed by atoms with E-state index < -0.39 is 10.3 Å². The van der Waals surface area contributed by atoms with E-state index in [0.29, 0.717) is 13.2 Å². The van der Waals surface area contributed by atoms with Crippen LogP contribution in [0.1, 0.15) is 0 Å². The van der Waals surface area contributed by atoms with Crippen molar-refractivity contribution < 1.29 is 17.7 Å². The molecule has 1 heterocycles. The van der Waals surface area contributed by atoms with Crippen molar-refractivity contribution in [2.24, 2.45) is 9.63 Å². The van der Waals surface area contributed by atoms with Gasteiger partial charge < -0.3 is 9.64 Å². The fraction of sp³-hybridized carbons (Fsp3) is 0.400. The van der Waals surface area contributed by atoms with Crippen LogP contribution in [0.25, 0.3) is 0 Å². The molecule has 1 aliphatic heterocycles. The highest BCUT2D eigenvalue weighted by Gasteiger charge is 2.12. The fourth-order valence-corrected chi connectivity index (χ4v) is 2.09. The highest BCUT2D eigenvalue weighted by molar-refractivity contribution is 7.84. The van der Waals surface area contributed by atoms with Crippen LogP contribution in [0.4, 0.5) is 11.4 Å². The van der Waals surface area contributed by atoms with Gasteiger partial charge in [0, 0.05) is 18.8 Å². The molecule has 2 rings (SSSR count). The first-order chi connectivity index (χ1) is 8.96. The summed E-state index contributed by atoms with van der Waals surface area (Å²) < 4.78 is 37.4. The molecule has 1 aromatic carbocycles. The number of halogens is 1. The molecule has 19 heavy (non-hydrogen) atoms. The van der Waals surface area contributed by atoms with E-state index in [9.17, 15) is 8.42 Å². The molecule has 0 unspecified atom stereocenters. The Hall–Kier alpha value is -1.22. The van der Waals surface area contributed by atoms with Crippen LogP contribution in [-0.2, 0) is 15.0 Å². The van der Waals surface area contributed by atoms with Gasteiger partial charge in [0.2, 0.25) is 0 Å². The highest BCUT2D eigenvalue weighted by Crippen LogP contribution is 2.30. The van der Waals surface area contributed by atoms with E-state index in [4.69, 9.17) is 20.9 Å². The summed E-state index contributed by atoms with van der Waals surface area (Å²) in [7, 11) is -4.50. The molecule has 1 fully saturated rings. The van der Waals surface area contributed by atoms with Crippen molar-refractivity contribution in [3.05, 3.63) is 23.2 Å². The van der Waals surface area contributed by atoms with Gasteiger partial charge in [-0.2, -0.15) is 8.42 Å². The van der Waals surface area contributed by atoms with Gasteiger partial charge in [-0.25, -0.2) is 0 Å². The number of hydrogen-bond acceptors (Lipinski definition) is 5. The van der Waals surface area contributed by atoms with Crippen LogP contribution in [0.3, 0.4) is 0 Å². The average molecular weight is 306 g/mol. The van der Waals surface area contributed by atoms with E-state index in [0.717, 1.165) is 18.8 Å². The molecule has 0 bridgehead atoms. The van der Waals surface area contributed by atoms with Gasteiger partial charge in [0.15, 0.2) is 0 Å². The Kier molecular flexibility index (Phi) is 4.35. The summed E-state index contributed by atoms with van der Waals surface area (Å²) in [6.45, 7) is 2.84. The molecule has 1 aliphatic rings. The minimum atomic E-state index is -4.50. The quantitative estimate of drug-likeness (QED) is 0.681. The number of ether oxygens (including phenoxy) is 1. The van der Waals surface area contributed by atoms with Gasteiger partial charge in [-0.05, 0) is 22.7 Å². The third-order valence-electron chi connectivity index (χ3n) is 2.56. The van der Waals surface area contributed by atoms with Gasteiger partial charge in [-0.3, -0.25) is 4.55 Å². The summed E-state index contributed by atoms with van der Waals surface area (Å²) in [5.74, 6) is 0. The van der Waals surface area contributed by atoms with Crippen LogP contribution in [-0.4, -0.2) is 39.3 Å². The van der Waals surface area contributed by atoms with Crippen LogP contribution in [0.2, 0.25) is 5.02 Å². The second-order valence-electron chi connectivity index (χ2n) is 3.86. The molecule has 0 atom stereocenters. The van der Waals surface area contributed by atoms with Crippen molar-refractivity contribution in [1.29, 1.82) is 0 Å². The predicted molar refractivity (Wildman–Crippen MR) is 70.5 cm³/mol. The first kappa shape index (κ1) is 14.2. The zero-order valence-electron chi connectivity index (χ0n) is 9.86. The molecular formula is C10H12ClN3O4S. The van der Waals surface area contributed by atoms with Crippen molar-refractivity contribution in [1.82, 2.24) is 0 Å². The molecule has 0 amide bonds. The van der Waals surface area contributed by atoms with Gasteiger partial charge >= 0.3 is 10.3 Å². The van der Waals surface area contributed by atoms with Crippen molar-refractivity contribution >= 4 is 33.3 Å². The summed E-state index contributed by atoms with van der Waals surface area (Å²) >= 11 is 5.99. The second-order valence-corrected chi connectivity index (χ2v) is 5.33. The molecule has 1 N–H and O–H groups in total. The summed E-state index contributed by atoms with van der Waals surface area (Å²) in [6, 6.07) is 4.97. The molecule has 0 aromatic heterocycles. The van der Waals surface area contributed by atoms with E-state index in [1.807, 2.05) is 0 Å². The lowest BCUT2D eigenvalue weighted by atomic mass is 10.2. The molecule has 104 valence electrons. The summed E-state index contributed by atoms with van der Waals surface area (Å²) in [5.41, 5.74) is 1.08. The van der Waals surface area contributed by atoms with Crippen LogP contribution in [0, 0.1) is 0 Å². The van der Waals surface area contributed by atoms with Crippen molar-refractivity contribution in [3.63, 3.8) is 0 Å². The Morgan fingerprint density at radius 2 is 2.00 bits per heavy atom. The lowest BCUT2D eigenvalue weighted by Crippen LogP contribution is -2.36. The number of rotatable bonds is 3. The van der Waals surface area contributed by atoms with E-state index in [-0.39, 0.29) is 10.7 Å². The number of hydrogen-bond donors (Lipinski definition) is 1. The first-order valence-electron chi connectivity index (χ1n) is 5.48. The highest BCUT2D eigenvalue weighted by atomic mass is 35.5. The fourth-order valence-electron chi connectivity index (χ4n) is 1.69. The Balaban J connectivity index is 2.19. The third-order valence-corrected chi connectivity index (χ3v) is 3.15. The largest absolute Gasteiger partial charge is 0.396 e. The monoisotopic (exact) mass is 305 g/mol. The van der Waals surface area contributed by atoms with Crippen LogP contribution in [0.15, 0.2) is 27.8 Å². The molecule has 0 spiro atoms. The molecule has 7 nitrogen and oxygen atoms in total. The third kappa shape index (κ3) is 4.13. The maximum absolute atomic E-state index is 10.5. The number of morpholine rings is 1. The maximum atomic E-state index is 10.5. The average Bonchev–Trinajstić information content (AvgIpc) is 2.37. The molecule has 1 saturated heterocycles. The smallest absolute Gasteiger partial charge is 0.378 e. The Morgan fingerprint density at radius 1 is 1.32 bits per heavy atom. The van der Waals surface area contributed by atoms with E-state index in [2.05, 4.69) is 14.5 Å². The molecule has 0 radical (unpaired) electrons. The van der Waals surface area contributed by atoms with Gasteiger partial charge in [0.05, 0.1) is 18.2 Å². The first-order valence-corrected chi connectivity index (χ1v) is 7.26. The number of benzene rings is 1. The minimum Gasteiger partial charge on any atom is -0.378 e. The Bertz CT molecular complexity index is 584. The molecular weight excluding hydrogens is 294 g/mol. The second kappa shape index (κ2) is 5.83. The maximum Gasteiger partial charge on any atom is 0.396 e. The van der Waals surface area contributed by atoms with Crippen LogP contribution in [0.5, 0.6) is 0 Å². The van der Waals surface area contributed by atoms with Gasteiger partial charge in [0.1, 0.15) is 5.69 Å². The molecule has 9 heteroatoms. The SMILES string of the molecule is O=S(=O)(O)N=Nc1ccc(N2CCOCC2)cc1Cl. The Morgan fingerprint density at radius 3 is 2.58 bits per heavy atom. The zero-order valence-corrected chi connectivity index (χ0v) is 11.4. The topological polar surface area (TPSA) is 91.6 Å². The van der Waals surface area contributed by atoms with Crippen LogP contribution >= 0.6 is 11.6 Å². The zero-order chi connectivity index (χ0) is 13.9. The predicted octanol–water partition coefficient (Wildman–Crippen LogP) is 2.06. The van der Waals surface area contributed by atoms with Gasteiger partial charge in [0.25, 0.3) is 0 Å².